The number of carbonyl (C=O) groups is 2. The highest BCUT2D eigenvalue weighted by molar-refractivity contribution is 5.88. The topological polar surface area (TPSA) is 55.4 Å². The zero-order chi connectivity index (χ0) is 10.3. The number of rotatable bonds is 4. The van der Waals surface area contributed by atoms with E-state index in [1.165, 1.54) is 6.92 Å². The molecule has 0 aromatic rings. The minimum atomic E-state index is -0.607. The maximum atomic E-state index is 10.9. The van der Waals surface area contributed by atoms with Crippen LogP contribution >= 0.6 is 0 Å². The van der Waals surface area contributed by atoms with Crippen LogP contribution in [0.4, 0.5) is 0 Å². The Labute approximate surface area is 77.9 Å². The molecule has 0 fully saturated rings. The maximum absolute atomic E-state index is 10.9. The first kappa shape index (κ1) is 11.7. The van der Waals surface area contributed by atoms with Crippen molar-refractivity contribution in [3.8, 4) is 0 Å². The van der Waals surface area contributed by atoms with Crippen molar-refractivity contribution in [1.82, 2.24) is 5.48 Å². The third-order valence-corrected chi connectivity index (χ3v) is 1.36. The monoisotopic (exact) mass is 185 g/mol. The van der Waals surface area contributed by atoms with E-state index in [-0.39, 0.29) is 11.5 Å². The Morgan fingerprint density at radius 2 is 2.08 bits per heavy atom. The van der Waals surface area contributed by atoms with E-state index in [1.807, 2.05) is 12.4 Å². The van der Waals surface area contributed by atoms with Crippen molar-refractivity contribution in [2.75, 3.05) is 0 Å². The lowest BCUT2D eigenvalue weighted by Gasteiger charge is -2.03. The summed E-state index contributed by atoms with van der Waals surface area (Å²) in [5.74, 6) is -0.888. The molecule has 0 aromatic carbocycles. The molecule has 0 aliphatic heterocycles. The molecule has 0 saturated carbocycles. The van der Waals surface area contributed by atoms with E-state index in [0.717, 1.165) is 12.8 Å². The minimum Gasteiger partial charge on any atom is -0.336 e. The van der Waals surface area contributed by atoms with Crippen LogP contribution in [0.2, 0.25) is 0 Å². The lowest BCUT2D eigenvalue weighted by molar-refractivity contribution is -0.154. The van der Waals surface area contributed by atoms with Gasteiger partial charge in [-0.25, -0.2) is 4.79 Å². The number of hydrogen-bond donors (Lipinski definition) is 1. The lowest BCUT2D eigenvalue weighted by atomic mass is 10.2. The second kappa shape index (κ2) is 6.22. The minimum absolute atomic E-state index is 0.260. The fourth-order valence-electron chi connectivity index (χ4n) is 0.579. The second-order valence-corrected chi connectivity index (χ2v) is 2.80. The van der Waals surface area contributed by atoms with Crippen molar-refractivity contribution in [2.45, 2.75) is 33.1 Å². The highest BCUT2D eigenvalue weighted by atomic mass is 16.7. The quantitative estimate of drug-likeness (QED) is 0.531. The van der Waals surface area contributed by atoms with Gasteiger partial charge in [-0.05, 0) is 13.3 Å². The van der Waals surface area contributed by atoms with Gasteiger partial charge in [0, 0.05) is 12.0 Å². The van der Waals surface area contributed by atoms with Gasteiger partial charge in [0.2, 0.25) is 0 Å². The molecule has 4 nitrogen and oxygen atoms in total. The molecular weight excluding hydrogens is 170 g/mol. The van der Waals surface area contributed by atoms with Crippen LogP contribution in [0.3, 0.4) is 0 Å². The zero-order valence-electron chi connectivity index (χ0n) is 8.05. The number of carbonyl (C=O) groups excluding carboxylic acids is 2. The van der Waals surface area contributed by atoms with Gasteiger partial charge in [-0.15, -0.1) is 0 Å². The number of nitrogens with one attached hydrogen (secondary N) is 1. The molecule has 1 N–H and O–H groups in total. The molecule has 0 heterocycles. The van der Waals surface area contributed by atoms with Crippen LogP contribution in [-0.4, -0.2) is 11.9 Å². The molecule has 0 atom stereocenters. The molecule has 0 saturated heterocycles. The third kappa shape index (κ3) is 5.90. The van der Waals surface area contributed by atoms with Crippen LogP contribution in [-0.2, 0) is 14.4 Å². The summed E-state index contributed by atoms with van der Waals surface area (Å²) in [5, 5.41) is 0. The molecule has 0 aliphatic rings. The third-order valence-electron chi connectivity index (χ3n) is 1.36. The Morgan fingerprint density at radius 3 is 2.54 bits per heavy atom. The lowest BCUT2D eigenvalue weighted by Crippen LogP contribution is -2.26. The number of unbranched alkanes of at least 4 members (excludes halogenated alkanes) is 1. The van der Waals surface area contributed by atoms with Crippen LogP contribution in [0.25, 0.3) is 0 Å². The van der Waals surface area contributed by atoms with Gasteiger partial charge >= 0.3 is 5.97 Å². The van der Waals surface area contributed by atoms with Crippen LogP contribution in [0.1, 0.15) is 33.1 Å². The van der Waals surface area contributed by atoms with E-state index >= 15 is 0 Å². The summed E-state index contributed by atoms with van der Waals surface area (Å²) in [6, 6.07) is 0. The highest BCUT2D eigenvalue weighted by Gasteiger charge is 2.06. The van der Waals surface area contributed by atoms with Gasteiger partial charge in [0.15, 0.2) is 0 Å². The summed E-state index contributed by atoms with van der Waals surface area (Å²) < 4.78 is 0. The molecule has 74 valence electrons. The molecule has 1 amide bonds. The maximum Gasteiger partial charge on any atom is 0.358 e. The standard InChI is InChI=1S/C9H15NO3/c1-4-5-6-8(11)10-13-9(12)7(2)3/h2,4-6H2,1,3H3,(H,10,11). The summed E-state index contributed by atoms with van der Waals surface area (Å²) in [6.07, 6.45) is 2.10. The first-order valence-corrected chi connectivity index (χ1v) is 4.23. The Kier molecular flexibility index (Phi) is 5.59. The van der Waals surface area contributed by atoms with Crippen LogP contribution in [0.5, 0.6) is 0 Å². The van der Waals surface area contributed by atoms with E-state index in [9.17, 15) is 9.59 Å². The molecule has 0 radical (unpaired) electrons. The largest absolute Gasteiger partial charge is 0.358 e. The summed E-state index contributed by atoms with van der Waals surface area (Å²) in [6.45, 7) is 6.86. The van der Waals surface area contributed by atoms with E-state index < -0.39 is 5.97 Å². The van der Waals surface area contributed by atoms with E-state index in [0.29, 0.717) is 6.42 Å². The van der Waals surface area contributed by atoms with Crippen LogP contribution < -0.4 is 5.48 Å². The van der Waals surface area contributed by atoms with Crippen molar-refractivity contribution in [2.24, 2.45) is 0 Å². The van der Waals surface area contributed by atoms with Gasteiger partial charge in [0.1, 0.15) is 0 Å². The average molecular weight is 185 g/mol. The van der Waals surface area contributed by atoms with Crippen molar-refractivity contribution < 1.29 is 14.4 Å². The number of hydrogen-bond acceptors (Lipinski definition) is 3. The Morgan fingerprint density at radius 1 is 1.46 bits per heavy atom. The fourth-order valence-corrected chi connectivity index (χ4v) is 0.579. The SMILES string of the molecule is C=C(C)C(=O)ONC(=O)CCCC. The molecule has 0 unspecified atom stereocenters. The zero-order valence-corrected chi connectivity index (χ0v) is 8.05. The number of hydroxylamine groups is 1. The average Bonchev–Trinajstić information content (AvgIpc) is 2.10. The Bertz CT molecular complexity index is 211. The van der Waals surface area contributed by atoms with Crippen molar-refractivity contribution in [3.05, 3.63) is 12.2 Å². The summed E-state index contributed by atoms with van der Waals surface area (Å²) in [5.41, 5.74) is 2.31. The van der Waals surface area contributed by atoms with Gasteiger partial charge in [0.05, 0.1) is 0 Å². The van der Waals surface area contributed by atoms with E-state index in [4.69, 9.17) is 0 Å². The first-order valence-electron chi connectivity index (χ1n) is 4.23. The Hall–Kier alpha value is -1.32. The molecule has 0 aliphatic carbocycles. The summed E-state index contributed by atoms with van der Waals surface area (Å²) >= 11 is 0. The smallest absolute Gasteiger partial charge is 0.336 e. The fraction of sp³-hybridized carbons (Fsp3) is 0.556. The molecule has 13 heavy (non-hydrogen) atoms. The Balaban J connectivity index is 3.58. The summed E-state index contributed by atoms with van der Waals surface area (Å²) in [4.78, 5) is 26.1. The molecule has 0 bridgehead atoms. The van der Waals surface area contributed by atoms with Gasteiger partial charge in [0.25, 0.3) is 5.91 Å². The molecule has 4 heteroatoms. The van der Waals surface area contributed by atoms with Gasteiger partial charge in [-0.3, -0.25) is 4.79 Å². The predicted molar refractivity (Wildman–Crippen MR) is 48.6 cm³/mol. The molecule has 0 rings (SSSR count). The van der Waals surface area contributed by atoms with E-state index in [1.54, 1.807) is 0 Å². The highest BCUT2D eigenvalue weighted by Crippen LogP contribution is 1.94. The first-order chi connectivity index (χ1) is 6.07. The molecule has 0 aromatic heterocycles. The van der Waals surface area contributed by atoms with Gasteiger partial charge < -0.3 is 4.84 Å². The second-order valence-electron chi connectivity index (χ2n) is 2.80. The van der Waals surface area contributed by atoms with Crippen molar-refractivity contribution >= 4 is 11.9 Å². The number of amides is 1. The van der Waals surface area contributed by atoms with Crippen LogP contribution in [0.15, 0.2) is 12.2 Å². The normalized spacial score (nSPS) is 9.08. The van der Waals surface area contributed by atoms with Gasteiger partial charge in [-0.1, -0.05) is 19.9 Å². The molecule has 0 spiro atoms. The predicted octanol–water partition coefficient (Wildman–Crippen LogP) is 1.33. The summed E-state index contributed by atoms with van der Waals surface area (Å²) in [7, 11) is 0. The van der Waals surface area contributed by atoms with Gasteiger partial charge in [-0.2, -0.15) is 5.48 Å². The van der Waals surface area contributed by atoms with Crippen molar-refractivity contribution in [3.63, 3.8) is 0 Å². The van der Waals surface area contributed by atoms with Crippen LogP contribution in [0, 0.1) is 0 Å². The van der Waals surface area contributed by atoms with Crippen molar-refractivity contribution in [1.29, 1.82) is 0 Å². The van der Waals surface area contributed by atoms with E-state index in [2.05, 4.69) is 11.4 Å². The molecular formula is C9H15NO3.